The van der Waals surface area contributed by atoms with Crippen LogP contribution in [0.25, 0.3) is 0 Å². The van der Waals surface area contributed by atoms with Crippen molar-refractivity contribution in [3.63, 3.8) is 0 Å². The minimum absolute atomic E-state index is 0.00245. The normalized spacial score (nSPS) is 13.3. The lowest BCUT2D eigenvalue weighted by Crippen LogP contribution is -2.31. The van der Waals surface area contributed by atoms with Crippen molar-refractivity contribution in [2.75, 3.05) is 25.5 Å². The molecule has 0 spiro atoms. The van der Waals surface area contributed by atoms with E-state index in [1.165, 1.54) is 25.7 Å². The fourth-order valence-electron chi connectivity index (χ4n) is 3.31. The van der Waals surface area contributed by atoms with Gasteiger partial charge in [0.1, 0.15) is 0 Å². The highest BCUT2D eigenvalue weighted by Gasteiger charge is 2.30. The average molecular weight is 470 g/mol. The molecule has 2 aromatic carbocycles. The molecule has 0 radical (unpaired) electrons. The zero-order valence-electron chi connectivity index (χ0n) is 17.8. The number of pyridine rings is 1. The first-order chi connectivity index (χ1) is 15.3. The van der Waals surface area contributed by atoms with Gasteiger partial charge in [-0.2, -0.15) is 12.7 Å². The van der Waals surface area contributed by atoms with Crippen molar-refractivity contribution >= 4 is 33.7 Å². The average Bonchev–Trinajstić information content (AvgIpc) is 3.21. The second-order valence-electron chi connectivity index (χ2n) is 7.42. The summed E-state index contributed by atoms with van der Waals surface area (Å²) in [5.41, 5.74) is 3.01. The summed E-state index contributed by atoms with van der Waals surface area (Å²) in [5.74, 6) is 0.503. The third-order valence-electron chi connectivity index (χ3n) is 5.02. The Labute approximate surface area is 192 Å². The van der Waals surface area contributed by atoms with E-state index < -0.39 is 10.3 Å². The van der Waals surface area contributed by atoms with Crippen LogP contribution < -0.4 is 9.08 Å². The lowest BCUT2D eigenvalue weighted by atomic mass is 10.1. The maximum atomic E-state index is 13.3. The number of thioether (sulfide) groups is 1. The number of hydrogen-bond donors (Lipinski definition) is 0. The number of nitrogens with zero attached hydrogens (tertiary/aromatic N) is 3. The van der Waals surface area contributed by atoms with Gasteiger partial charge in [-0.05, 0) is 29.8 Å². The molecule has 7 nitrogen and oxygen atoms in total. The van der Waals surface area contributed by atoms with Gasteiger partial charge in [0.05, 0.1) is 22.0 Å². The number of carbonyl (C=O) groups is 1. The molecule has 4 rings (SSSR count). The Morgan fingerprint density at radius 3 is 2.53 bits per heavy atom. The summed E-state index contributed by atoms with van der Waals surface area (Å²) < 4.78 is 30.5. The summed E-state index contributed by atoms with van der Waals surface area (Å²) in [6.07, 6.45) is 0.639. The second-order valence-corrected chi connectivity index (χ2v) is 10.2. The molecule has 32 heavy (non-hydrogen) atoms. The van der Waals surface area contributed by atoms with E-state index in [9.17, 15) is 13.2 Å². The zero-order chi connectivity index (χ0) is 22.7. The molecule has 0 unspecified atom stereocenters. The van der Waals surface area contributed by atoms with Crippen molar-refractivity contribution in [3.8, 4) is 5.75 Å². The molecule has 0 aliphatic carbocycles. The van der Waals surface area contributed by atoms with Gasteiger partial charge in [-0.25, -0.2) is 4.98 Å². The number of amides is 1. The Bertz CT molecular complexity index is 1230. The zero-order valence-corrected chi connectivity index (χ0v) is 19.4. The minimum atomic E-state index is -3.98. The fourth-order valence-corrected chi connectivity index (χ4v) is 4.68. The predicted octanol–water partition coefficient (Wildman–Crippen LogP) is 3.76. The Balaban J connectivity index is 1.53. The summed E-state index contributed by atoms with van der Waals surface area (Å²) in [4.78, 5) is 19.6. The molecule has 2 heterocycles. The maximum Gasteiger partial charge on any atom is 0.384 e. The summed E-state index contributed by atoms with van der Waals surface area (Å²) in [7, 11) is -1.24. The van der Waals surface area contributed by atoms with E-state index in [2.05, 4.69) is 12.1 Å². The lowest BCUT2D eigenvalue weighted by Gasteiger charge is -2.20. The van der Waals surface area contributed by atoms with Crippen LogP contribution in [0.1, 0.15) is 21.6 Å². The van der Waals surface area contributed by atoms with Crippen LogP contribution >= 0.6 is 11.8 Å². The molecule has 0 bridgehead atoms. The van der Waals surface area contributed by atoms with E-state index in [1.54, 1.807) is 34.9 Å². The van der Waals surface area contributed by atoms with E-state index in [1.807, 2.05) is 30.3 Å². The van der Waals surface area contributed by atoms with Crippen molar-refractivity contribution in [2.45, 2.75) is 17.2 Å². The number of fused-ring (bicyclic) bond motifs is 1. The monoisotopic (exact) mass is 469 g/mol. The Morgan fingerprint density at radius 2 is 1.78 bits per heavy atom. The Morgan fingerprint density at radius 1 is 1.06 bits per heavy atom. The standard InChI is InChI=1S/C23H23N3O4S2/c1-25(2)32(28,29)30-21-11-7-6-10-18(21)23(27)26-15-14-19-20(26)12-13-22(24-19)31-16-17-8-4-3-5-9-17/h3-13H,14-16H2,1-2H3. The highest BCUT2D eigenvalue weighted by molar-refractivity contribution is 7.98. The predicted molar refractivity (Wildman–Crippen MR) is 125 cm³/mol. The van der Waals surface area contributed by atoms with E-state index in [4.69, 9.17) is 9.17 Å². The third-order valence-corrected chi connectivity index (χ3v) is 7.31. The van der Waals surface area contributed by atoms with Gasteiger partial charge >= 0.3 is 10.3 Å². The van der Waals surface area contributed by atoms with Crippen LogP contribution in [0.2, 0.25) is 0 Å². The van der Waals surface area contributed by atoms with E-state index in [0.717, 1.165) is 26.5 Å². The van der Waals surface area contributed by atoms with Gasteiger partial charge in [0.15, 0.2) is 5.75 Å². The number of anilines is 1. The molecule has 166 valence electrons. The van der Waals surface area contributed by atoms with Crippen molar-refractivity contribution in [3.05, 3.63) is 83.6 Å². The van der Waals surface area contributed by atoms with Gasteiger partial charge in [0.25, 0.3) is 5.91 Å². The maximum absolute atomic E-state index is 13.3. The number of carbonyl (C=O) groups excluding carboxylic acids is 1. The van der Waals surface area contributed by atoms with Gasteiger partial charge < -0.3 is 9.08 Å². The van der Waals surface area contributed by atoms with E-state index in [-0.39, 0.29) is 17.2 Å². The largest absolute Gasteiger partial charge is 0.384 e. The van der Waals surface area contributed by atoms with Crippen LogP contribution in [-0.4, -0.2) is 44.3 Å². The van der Waals surface area contributed by atoms with Gasteiger partial charge in [0, 0.05) is 32.8 Å². The molecule has 1 aliphatic rings. The van der Waals surface area contributed by atoms with Crippen molar-refractivity contribution < 1.29 is 17.4 Å². The number of hydrogen-bond acceptors (Lipinski definition) is 6. The Kier molecular flexibility index (Phi) is 6.50. The minimum Gasteiger partial charge on any atom is -0.370 e. The molecule has 0 atom stereocenters. The molecule has 3 aromatic rings. The molecular formula is C23H23N3O4S2. The molecule has 0 N–H and O–H groups in total. The quantitative estimate of drug-likeness (QED) is 0.490. The summed E-state index contributed by atoms with van der Waals surface area (Å²) >= 11 is 1.65. The molecule has 1 aliphatic heterocycles. The van der Waals surface area contributed by atoms with Gasteiger partial charge in [-0.1, -0.05) is 42.5 Å². The third kappa shape index (κ3) is 4.79. The van der Waals surface area contributed by atoms with Crippen LogP contribution in [0.5, 0.6) is 5.75 Å². The smallest absolute Gasteiger partial charge is 0.370 e. The summed E-state index contributed by atoms with van der Waals surface area (Å²) in [5, 5.41) is 0.905. The highest BCUT2D eigenvalue weighted by atomic mass is 32.2. The topological polar surface area (TPSA) is 79.8 Å². The first kappa shape index (κ1) is 22.3. The molecule has 1 amide bonds. The molecule has 0 saturated carbocycles. The fraction of sp³-hybridized carbons (Fsp3) is 0.217. The summed E-state index contributed by atoms with van der Waals surface area (Å²) in [6, 6.07) is 20.4. The number of rotatable bonds is 7. The SMILES string of the molecule is CN(C)S(=O)(=O)Oc1ccccc1C(=O)N1CCc2nc(SCc3ccccc3)ccc21. The van der Waals surface area contributed by atoms with E-state index >= 15 is 0 Å². The molecular weight excluding hydrogens is 446 g/mol. The van der Waals surface area contributed by atoms with Crippen molar-refractivity contribution in [1.29, 1.82) is 0 Å². The number of aromatic nitrogens is 1. The molecule has 0 saturated heterocycles. The molecule has 1 aromatic heterocycles. The lowest BCUT2D eigenvalue weighted by molar-refractivity contribution is 0.0988. The van der Waals surface area contributed by atoms with Crippen molar-refractivity contribution in [1.82, 2.24) is 9.29 Å². The van der Waals surface area contributed by atoms with Gasteiger partial charge in [-0.3, -0.25) is 4.79 Å². The van der Waals surface area contributed by atoms with Crippen molar-refractivity contribution in [2.24, 2.45) is 0 Å². The molecule has 0 fully saturated rings. The first-order valence-corrected chi connectivity index (χ1v) is 12.4. The van der Waals surface area contributed by atoms with Crippen LogP contribution in [0.4, 0.5) is 5.69 Å². The molecule has 9 heteroatoms. The van der Waals surface area contributed by atoms with Crippen LogP contribution in [0.3, 0.4) is 0 Å². The second kappa shape index (κ2) is 9.32. The van der Waals surface area contributed by atoms with Crippen LogP contribution in [0, 0.1) is 0 Å². The number of para-hydroxylation sites is 1. The van der Waals surface area contributed by atoms with Crippen LogP contribution in [-0.2, 0) is 22.5 Å². The number of benzene rings is 2. The van der Waals surface area contributed by atoms with E-state index in [0.29, 0.717) is 13.0 Å². The van der Waals surface area contributed by atoms with Gasteiger partial charge in [-0.15, -0.1) is 11.8 Å². The van der Waals surface area contributed by atoms with Gasteiger partial charge in [0.2, 0.25) is 0 Å². The van der Waals surface area contributed by atoms with Crippen LogP contribution in [0.15, 0.2) is 71.8 Å². The summed E-state index contributed by atoms with van der Waals surface area (Å²) in [6.45, 7) is 0.475. The Hall–Kier alpha value is -2.88. The first-order valence-electron chi connectivity index (χ1n) is 10.0. The highest BCUT2D eigenvalue weighted by Crippen LogP contribution is 2.33.